The molecule has 0 radical (unpaired) electrons. The number of carbonyl (C=O) groups is 2. The Bertz CT molecular complexity index is 747. The van der Waals surface area contributed by atoms with Crippen LogP contribution < -0.4 is 16.1 Å². The molecule has 6 nitrogen and oxygen atoms in total. The van der Waals surface area contributed by atoms with Crippen molar-refractivity contribution in [2.45, 2.75) is 19.9 Å². The van der Waals surface area contributed by atoms with E-state index in [0.29, 0.717) is 16.8 Å². The molecule has 0 spiro atoms. The highest BCUT2D eigenvalue weighted by Crippen LogP contribution is 2.16. The minimum absolute atomic E-state index is 0.299. The van der Waals surface area contributed by atoms with Crippen molar-refractivity contribution in [1.29, 1.82) is 0 Å². The van der Waals surface area contributed by atoms with Crippen molar-refractivity contribution in [2.75, 3.05) is 5.32 Å². The number of anilines is 1. The van der Waals surface area contributed by atoms with E-state index in [1.807, 2.05) is 0 Å². The predicted molar refractivity (Wildman–Crippen MR) is 87.4 cm³/mol. The Hall–Kier alpha value is -2.93. The molecule has 126 valence electrons. The van der Waals surface area contributed by atoms with E-state index in [2.05, 4.69) is 10.6 Å². The van der Waals surface area contributed by atoms with Gasteiger partial charge in [-0.15, -0.1) is 0 Å². The van der Waals surface area contributed by atoms with Crippen LogP contribution in [0.5, 0.6) is 0 Å². The Morgan fingerprint density at radius 2 is 1.79 bits per heavy atom. The quantitative estimate of drug-likeness (QED) is 0.512. The molecule has 0 aliphatic heterocycles. The van der Waals surface area contributed by atoms with Crippen molar-refractivity contribution in [2.24, 2.45) is 0 Å². The number of amides is 3. The van der Waals surface area contributed by atoms with Gasteiger partial charge < -0.3 is 10.6 Å². The molecule has 2 aromatic carbocycles. The molecule has 0 fully saturated rings. The number of aryl methyl sites for hydroxylation is 1. The zero-order chi connectivity index (χ0) is 17.7. The maximum atomic E-state index is 13.5. The zero-order valence-corrected chi connectivity index (χ0v) is 13.3. The second-order valence-corrected chi connectivity index (χ2v) is 5.35. The average Bonchev–Trinajstić information content (AvgIpc) is 2.57. The molecule has 0 bridgehead atoms. The fourth-order valence-electron chi connectivity index (χ4n) is 2.11. The third kappa shape index (κ3) is 4.30. The molecule has 0 aliphatic rings. The SMILES string of the molecule is Cc1ccc(NC(=O)NC(C)c2ccc(C(=O)NO)cc2)cc1F. The van der Waals surface area contributed by atoms with E-state index in [1.165, 1.54) is 18.2 Å². The fourth-order valence-corrected chi connectivity index (χ4v) is 2.11. The molecule has 0 saturated heterocycles. The monoisotopic (exact) mass is 331 g/mol. The first-order chi connectivity index (χ1) is 11.4. The summed E-state index contributed by atoms with van der Waals surface area (Å²) >= 11 is 0. The summed E-state index contributed by atoms with van der Waals surface area (Å²) in [5.41, 5.74) is 3.48. The largest absolute Gasteiger partial charge is 0.331 e. The molecular weight excluding hydrogens is 313 g/mol. The molecule has 0 aromatic heterocycles. The van der Waals surface area contributed by atoms with Crippen LogP contribution in [0.25, 0.3) is 0 Å². The van der Waals surface area contributed by atoms with Crippen molar-refractivity contribution >= 4 is 17.6 Å². The number of hydroxylamine groups is 1. The van der Waals surface area contributed by atoms with Crippen LogP contribution in [0.4, 0.5) is 14.9 Å². The summed E-state index contributed by atoms with van der Waals surface area (Å²) in [5.74, 6) is -1.00. The van der Waals surface area contributed by atoms with E-state index < -0.39 is 17.8 Å². The van der Waals surface area contributed by atoms with Crippen LogP contribution in [0.1, 0.15) is 34.5 Å². The molecule has 0 heterocycles. The number of carbonyl (C=O) groups excluding carboxylic acids is 2. The lowest BCUT2D eigenvalue weighted by Crippen LogP contribution is -2.31. The summed E-state index contributed by atoms with van der Waals surface area (Å²) in [6, 6.07) is 10.1. The predicted octanol–water partition coefficient (Wildman–Crippen LogP) is 3.14. The standard InChI is InChI=1S/C17H18FN3O3/c1-10-3-8-14(9-15(10)18)20-17(23)19-11(2)12-4-6-13(7-5-12)16(22)21-24/h3-9,11,24H,1-2H3,(H,21,22)(H2,19,20,23). The molecule has 4 N–H and O–H groups in total. The van der Waals surface area contributed by atoms with Crippen LogP contribution in [0.2, 0.25) is 0 Å². The smallest absolute Gasteiger partial charge is 0.319 e. The van der Waals surface area contributed by atoms with E-state index in [1.54, 1.807) is 43.6 Å². The summed E-state index contributed by atoms with van der Waals surface area (Å²) in [7, 11) is 0. The summed E-state index contributed by atoms with van der Waals surface area (Å²) in [6.45, 7) is 3.42. The van der Waals surface area contributed by atoms with Gasteiger partial charge in [0, 0.05) is 11.3 Å². The minimum Gasteiger partial charge on any atom is -0.331 e. The van der Waals surface area contributed by atoms with Crippen LogP contribution in [-0.2, 0) is 0 Å². The van der Waals surface area contributed by atoms with Gasteiger partial charge in [-0.1, -0.05) is 18.2 Å². The maximum Gasteiger partial charge on any atom is 0.319 e. The average molecular weight is 331 g/mol. The molecule has 1 atom stereocenters. The Kier molecular flexibility index (Phi) is 5.49. The van der Waals surface area contributed by atoms with Crippen LogP contribution in [0.3, 0.4) is 0 Å². The van der Waals surface area contributed by atoms with Gasteiger partial charge in [-0.2, -0.15) is 0 Å². The molecule has 7 heteroatoms. The lowest BCUT2D eigenvalue weighted by molar-refractivity contribution is 0.0706. The zero-order valence-electron chi connectivity index (χ0n) is 13.3. The van der Waals surface area contributed by atoms with Crippen LogP contribution in [0, 0.1) is 12.7 Å². The van der Waals surface area contributed by atoms with Gasteiger partial charge in [-0.05, 0) is 49.2 Å². The first kappa shape index (κ1) is 17.4. The second-order valence-electron chi connectivity index (χ2n) is 5.35. The van der Waals surface area contributed by atoms with Crippen molar-refractivity contribution in [1.82, 2.24) is 10.8 Å². The van der Waals surface area contributed by atoms with Crippen molar-refractivity contribution in [3.05, 3.63) is 65.0 Å². The molecule has 24 heavy (non-hydrogen) atoms. The van der Waals surface area contributed by atoms with Crippen molar-refractivity contribution in [3.63, 3.8) is 0 Å². The Balaban J connectivity index is 1.98. The van der Waals surface area contributed by atoms with Crippen LogP contribution in [-0.4, -0.2) is 17.1 Å². The highest BCUT2D eigenvalue weighted by atomic mass is 19.1. The van der Waals surface area contributed by atoms with E-state index >= 15 is 0 Å². The number of rotatable bonds is 4. The van der Waals surface area contributed by atoms with Gasteiger partial charge in [0.15, 0.2) is 0 Å². The third-order valence-electron chi connectivity index (χ3n) is 3.55. The van der Waals surface area contributed by atoms with Gasteiger partial charge in [0.25, 0.3) is 5.91 Å². The lowest BCUT2D eigenvalue weighted by atomic mass is 10.1. The first-order valence-electron chi connectivity index (χ1n) is 7.28. The fraction of sp³-hybridized carbons (Fsp3) is 0.176. The van der Waals surface area contributed by atoms with E-state index in [4.69, 9.17) is 5.21 Å². The van der Waals surface area contributed by atoms with Crippen LogP contribution >= 0.6 is 0 Å². The van der Waals surface area contributed by atoms with E-state index in [9.17, 15) is 14.0 Å². The highest BCUT2D eigenvalue weighted by molar-refractivity contribution is 5.93. The van der Waals surface area contributed by atoms with Crippen molar-refractivity contribution in [3.8, 4) is 0 Å². The van der Waals surface area contributed by atoms with Gasteiger partial charge in [0.05, 0.1) is 6.04 Å². The van der Waals surface area contributed by atoms with Crippen molar-refractivity contribution < 1.29 is 19.2 Å². The molecule has 2 aromatic rings. The number of urea groups is 1. The number of nitrogens with one attached hydrogen (secondary N) is 3. The topological polar surface area (TPSA) is 90.5 Å². The number of hydrogen-bond donors (Lipinski definition) is 4. The first-order valence-corrected chi connectivity index (χ1v) is 7.28. The summed E-state index contributed by atoms with van der Waals surface area (Å²) in [6.07, 6.45) is 0. The van der Waals surface area contributed by atoms with Crippen LogP contribution in [0.15, 0.2) is 42.5 Å². The van der Waals surface area contributed by atoms with Gasteiger partial charge in [-0.3, -0.25) is 10.0 Å². The maximum absolute atomic E-state index is 13.5. The normalized spacial score (nSPS) is 11.5. The summed E-state index contributed by atoms with van der Waals surface area (Å²) < 4.78 is 13.5. The molecule has 1 unspecified atom stereocenters. The van der Waals surface area contributed by atoms with E-state index in [0.717, 1.165) is 5.56 Å². The Labute approximate surface area is 138 Å². The molecular formula is C17H18FN3O3. The number of hydrogen-bond acceptors (Lipinski definition) is 3. The highest BCUT2D eigenvalue weighted by Gasteiger charge is 2.11. The molecule has 0 aliphatic carbocycles. The minimum atomic E-state index is -0.610. The Morgan fingerprint density at radius 1 is 1.12 bits per heavy atom. The van der Waals surface area contributed by atoms with Gasteiger partial charge in [0.1, 0.15) is 5.82 Å². The Morgan fingerprint density at radius 3 is 2.38 bits per heavy atom. The van der Waals surface area contributed by atoms with E-state index in [-0.39, 0.29) is 6.04 Å². The molecule has 0 saturated carbocycles. The van der Waals surface area contributed by atoms with Gasteiger partial charge >= 0.3 is 6.03 Å². The second kappa shape index (κ2) is 7.56. The molecule has 2 rings (SSSR count). The summed E-state index contributed by atoms with van der Waals surface area (Å²) in [5, 5.41) is 13.9. The number of benzene rings is 2. The molecule has 3 amide bonds. The summed E-state index contributed by atoms with van der Waals surface area (Å²) in [4.78, 5) is 23.2. The lowest BCUT2D eigenvalue weighted by Gasteiger charge is -2.15. The third-order valence-corrected chi connectivity index (χ3v) is 3.55. The van der Waals surface area contributed by atoms with Gasteiger partial charge in [-0.25, -0.2) is 14.7 Å². The number of halogens is 1. The van der Waals surface area contributed by atoms with Gasteiger partial charge in [0.2, 0.25) is 0 Å².